The molecular weight excluding hydrogens is 172 g/mol. The molecule has 3 atom stereocenters. The van der Waals surface area contributed by atoms with E-state index in [2.05, 4.69) is 0 Å². The van der Waals surface area contributed by atoms with E-state index in [9.17, 15) is 4.79 Å². The van der Waals surface area contributed by atoms with E-state index >= 15 is 0 Å². The standard InChI is InChI=1S/C9H14O2S/c10-9(11)4-6-5-12-8-3-1-2-7(6)8/h6-8H,1-5H2,(H,10,11). The van der Waals surface area contributed by atoms with Crippen LogP contribution in [0, 0.1) is 11.8 Å². The number of carbonyl (C=O) groups is 1. The second kappa shape index (κ2) is 3.29. The van der Waals surface area contributed by atoms with Crippen molar-refractivity contribution in [1.82, 2.24) is 0 Å². The predicted molar refractivity (Wildman–Crippen MR) is 49.3 cm³/mol. The zero-order valence-electron chi connectivity index (χ0n) is 7.03. The number of fused-ring (bicyclic) bond motifs is 1. The highest BCUT2D eigenvalue weighted by atomic mass is 32.2. The van der Waals surface area contributed by atoms with Crippen LogP contribution in [0.3, 0.4) is 0 Å². The normalized spacial score (nSPS) is 39.8. The van der Waals surface area contributed by atoms with Gasteiger partial charge in [0.1, 0.15) is 0 Å². The second-order valence-corrected chi connectivity index (χ2v) is 5.10. The van der Waals surface area contributed by atoms with Gasteiger partial charge in [0.25, 0.3) is 0 Å². The summed E-state index contributed by atoms with van der Waals surface area (Å²) in [6.07, 6.45) is 4.31. The van der Waals surface area contributed by atoms with Crippen LogP contribution in [0.1, 0.15) is 25.7 Å². The molecule has 2 fully saturated rings. The fraction of sp³-hybridized carbons (Fsp3) is 0.889. The molecule has 0 bridgehead atoms. The summed E-state index contributed by atoms with van der Waals surface area (Å²) in [7, 11) is 0. The van der Waals surface area contributed by atoms with Gasteiger partial charge in [-0.2, -0.15) is 11.8 Å². The van der Waals surface area contributed by atoms with Gasteiger partial charge < -0.3 is 5.11 Å². The van der Waals surface area contributed by atoms with Gasteiger partial charge in [0.15, 0.2) is 0 Å². The molecule has 1 saturated heterocycles. The van der Waals surface area contributed by atoms with Crippen LogP contribution in [-0.4, -0.2) is 22.1 Å². The quantitative estimate of drug-likeness (QED) is 0.716. The van der Waals surface area contributed by atoms with Crippen molar-refractivity contribution < 1.29 is 9.90 Å². The molecule has 1 saturated carbocycles. The van der Waals surface area contributed by atoms with Crippen molar-refractivity contribution >= 4 is 17.7 Å². The molecule has 12 heavy (non-hydrogen) atoms. The van der Waals surface area contributed by atoms with Gasteiger partial charge in [0, 0.05) is 11.7 Å². The van der Waals surface area contributed by atoms with Crippen molar-refractivity contribution in [3.8, 4) is 0 Å². The molecule has 0 aromatic carbocycles. The number of hydrogen-bond donors (Lipinski definition) is 1. The van der Waals surface area contributed by atoms with Gasteiger partial charge in [-0.1, -0.05) is 6.42 Å². The fourth-order valence-electron chi connectivity index (χ4n) is 2.51. The first-order chi connectivity index (χ1) is 5.77. The average molecular weight is 186 g/mol. The highest BCUT2D eigenvalue weighted by Gasteiger charge is 2.40. The molecule has 1 N–H and O–H groups in total. The monoisotopic (exact) mass is 186 g/mol. The molecule has 2 aliphatic rings. The topological polar surface area (TPSA) is 37.3 Å². The Hall–Kier alpha value is -0.180. The van der Waals surface area contributed by atoms with Crippen LogP contribution in [0.4, 0.5) is 0 Å². The molecule has 0 radical (unpaired) electrons. The Morgan fingerprint density at radius 2 is 2.33 bits per heavy atom. The summed E-state index contributed by atoms with van der Waals surface area (Å²) in [5.74, 6) is 1.67. The maximum atomic E-state index is 10.5. The summed E-state index contributed by atoms with van der Waals surface area (Å²) in [5, 5.41) is 9.48. The van der Waals surface area contributed by atoms with E-state index in [1.165, 1.54) is 19.3 Å². The highest BCUT2D eigenvalue weighted by Crippen LogP contribution is 2.48. The molecule has 2 nitrogen and oxygen atoms in total. The summed E-state index contributed by atoms with van der Waals surface area (Å²) in [5.41, 5.74) is 0. The fourth-order valence-corrected chi connectivity index (χ4v) is 4.30. The van der Waals surface area contributed by atoms with Crippen molar-refractivity contribution in [2.45, 2.75) is 30.9 Å². The van der Waals surface area contributed by atoms with E-state index in [0.29, 0.717) is 12.3 Å². The lowest BCUT2D eigenvalue weighted by atomic mass is 9.90. The van der Waals surface area contributed by atoms with Gasteiger partial charge in [0.05, 0.1) is 0 Å². The predicted octanol–water partition coefficient (Wildman–Crippen LogP) is 1.99. The van der Waals surface area contributed by atoms with Crippen LogP contribution < -0.4 is 0 Å². The minimum Gasteiger partial charge on any atom is -0.481 e. The Morgan fingerprint density at radius 3 is 3.08 bits per heavy atom. The molecule has 0 aromatic heterocycles. The van der Waals surface area contributed by atoms with Crippen molar-refractivity contribution in [2.24, 2.45) is 11.8 Å². The molecule has 3 unspecified atom stereocenters. The Kier molecular flexibility index (Phi) is 2.31. The van der Waals surface area contributed by atoms with Crippen molar-refractivity contribution in [2.75, 3.05) is 5.75 Å². The second-order valence-electron chi connectivity index (χ2n) is 3.82. The van der Waals surface area contributed by atoms with E-state index in [1.807, 2.05) is 11.8 Å². The van der Waals surface area contributed by atoms with Crippen molar-refractivity contribution in [3.63, 3.8) is 0 Å². The number of hydrogen-bond acceptors (Lipinski definition) is 2. The first-order valence-electron chi connectivity index (χ1n) is 4.61. The lowest BCUT2D eigenvalue weighted by Gasteiger charge is -2.14. The maximum Gasteiger partial charge on any atom is 0.303 e. The molecular formula is C9H14O2S. The van der Waals surface area contributed by atoms with Gasteiger partial charge in [-0.15, -0.1) is 0 Å². The molecule has 1 heterocycles. The minimum absolute atomic E-state index is 0.397. The van der Waals surface area contributed by atoms with E-state index in [1.54, 1.807) is 0 Å². The maximum absolute atomic E-state index is 10.5. The van der Waals surface area contributed by atoms with Crippen molar-refractivity contribution in [3.05, 3.63) is 0 Å². The molecule has 1 aliphatic carbocycles. The van der Waals surface area contributed by atoms with Crippen LogP contribution in [0.15, 0.2) is 0 Å². The summed E-state index contributed by atoms with van der Waals surface area (Å²) in [4.78, 5) is 10.5. The van der Waals surface area contributed by atoms with Gasteiger partial charge in [0.2, 0.25) is 0 Å². The molecule has 0 aromatic rings. The van der Waals surface area contributed by atoms with Crippen LogP contribution >= 0.6 is 11.8 Å². The summed E-state index contributed by atoms with van der Waals surface area (Å²) in [6, 6.07) is 0. The largest absolute Gasteiger partial charge is 0.481 e. The minimum atomic E-state index is -0.617. The SMILES string of the molecule is O=C(O)CC1CSC2CCCC12. The smallest absolute Gasteiger partial charge is 0.303 e. The number of rotatable bonds is 2. The van der Waals surface area contributed by atoms with E-state index in [0.717, 1.165) is 16.9 Å². The van der Waals surface area contributed by atoms with Crippen LogP contribution in [0.25, 0.3) is 0 Å². The van der Waals surface area contributed by atoms with Gasteiger partial charge >= 0.3 is 5.97 Å². The first kappa shape index (κ1) is 8.42. The zero-order valence-corrected chi connectivity index (χ0v) is 7.85. The molecule has 1 aliphatic heterocycles. The molecule has 0 spiro atoms. The summed E-state index contributed by atoms with van der Waals surface area (Å²) in [6.45, 7) is 0. The number of aliphatic carboxylic acids is 1. The number of carboxylic acids is 1. The Labute approximate surface area is 76.7 Å². The number of carboxylic acid groups (broad SMARTS) is 1. The van der Waals surface area contributed by atoms with E-state index in [-0.39, 0.29) is 0 Å². The third-order valence-corrected chi connectivity index (χ3v) is 4.70. The van der Waals surface area contributed by atoms with Crippen LogP contribution in [0.2, 0.25) is 0 Å². The lowest BCUT2D eigenvalue weighted by Crippen LogP contribution is -2.17. The van der Waals surface area contributed by atoms with Gasteiger partial charge in [-0.3, -0.25) is 4.79 Å². The molecule has 2 rings (SSSR count). The van der Waals surface area contributed by atoms with Crippen LogP contribution in [-0.2, 0) is 4.79 Å². The van der Waals surface area contributed by atoms with Crippen LogP contribution in [0.5, 0.6) is 0 Å². The lowest BCUT2D eigenvalue weighted by molar-refractivity contribution is -0.138. The zero-order chi connectivity index (χ0) is 8.55. The number of thioether (sulfide) groups is 1. The Bertz CT molecular complexity index is 193. The summed E-state index contributed by atoms with van der Waals surface area (Å²) < 4.78 is 0. The van der Waals surface area contributed by atoms with Gasteiger partial charge in [-0.05, 0) is 30.4 Å². The Balaban J connectivity index is 1.95. The summed E-state index contributed by atoms with van der Waals surface area (Å²) >= 11 is 2.00. The van der Waals surface area contributed by atoms with Crippen molar-refractivity contribution in [1.29, 1.82) is 0 Å². The van der Waals surface area contributed by atoms with Gasteiger partial charge in [-0.25, -0.2) is 0 Å². The van der Waals surface area contributed by atoms with E-state index < -0.39 is 5.97 Å². The molecule has 68 valence electrons. The third-order valence-electron chi connectivity index (χ3n) is 3.07. The Morgan fingerprint density at radius 1 is 1.50 bits per heavy atom. The highest BCUT2D eigenvalue weighted by molar-refractivity contribution is 8.00. The third kappa shape index (κ3) is 1.47. The first-order valence-corrected chi connectivity index (χ1v) is 5.65. The molecule has 0 amide bonds. The van der Waals surface area contributed by atoms with E-state index in [4.69, 9.17) is 5.11 Å². The average Bonchev–Trinajstić information content (AvgIpc) is 2.52. The molecule has 3 heteroatoms.